The smallest absolute Gasteiger partial charge is 0.127 e. The maximum absolute atomic E-state index is 6.06. The Morgan fingerprint density at radius 2 is 1.71 bits per heavy atom. The zero-order valence-corrected chi connectivity index (χ0v) is 16.1. The van der Waals surface area contributed by atoms with Gasteiger partial charge in [-0.25, -0.2) is 0 Å². The molecule has 0 radical (unpaired) electrons. The Labute approximate surface area is 148 Å². The van der Waals surface area contributed by atoms with Gasteiger partial charge < -0.3 is 14.5 Å². The van der Waals surface area contributed by atoms with Crippen molar-refractivity contribution in [3.8, 4) is 0 Å². The molecular formula is C21H36N2O+2. The molecule has 2 aliphatic heterocycles. The summed E-state index contributed by atoms with van der Waals surface area (Å²) in [6.07, 6.45) is 3.59. The molecule has 24 heavy (non-hydrogen) atoms. The van der Waals surface area contributed by atoms with E-state index in [1.165, 1.54) is 50.3 Å². The topological polar surface area (TPSA) is 18.1 Å². The summed E-state index contributed by atoms with van der Waals surface area (Å²) in [6, 6.07) is 9.32. The van der Waals surface area contributed by atoms with Gasteiger partial charge in [-0.05, 0) is 39.2 Å². The molecule has 0 aliphatic carbocycles. The second kappa shape index (κ2) is 7.15. The number of aryl methyl sites for hydroxylation is 1. The second-order valence-electron chi connectivity index (χ2n) is 8.89. The third kappa shape index (κ3) is 4.19. The summed E-state index contributed by atoms with van der Waals surface area (Å²) in [5.74, 6) is 0. The molecule has 2 fully saturated rings. The lowest BCUT2D eigenvalue weighted by molar-refractivity contribution is -1.00. The fourth-order valence-corrected chi connectivity index (χ4v) is 4.68. The van der Waals surface area contributed by atoms with E-state index in [2.05, 4.69) is 52.1 Å². The van der Waals surface area contributed by atoms with E-state index in [0.29, 0.717) is 5.41 Å². The van der Waals surface area contributed by atoms with Gasteiger partial charge >= 0.3 is 0 Å². The average molecular weight is 333 g/mol. The predicted molar refractivity (Wildman–Crippen MR) is 98.9 cm³/mol. The van der Waals surface area contributed by atoms with Crippen LogP contribution in [0.2, 0.25) is 0 Å². The molecule has 134 valence electrons. The summed E-state index contributed by atoms with van der Waals surface area (Å²) >= 11 is 0. The van der Waals surface area contributed by atoms with E-state index < -0.39 is 0 Å². The van der Waals surface area contributed by atoms with Crippen molar-refractivity contribution >= 4 is 0 Å². The Bertz CT molecular complexity index is 531. The van der Waals surface area contributed by atoms with Crippen LogP contribution < -0.4 is 9.80 Å². The number of rotatable bonds is 4. The van der Waals surface area contributed by atoms with Crippen LogP contribution >= 0.6 is 0 Å². The second-order valence-corrected chi connectivity index (χ2v) is 8.89. The minimum absolute atomic E-state index is 0.00919. The first-order valence-corrected chi connectivity index (χ1v) is 9.75. The molecule has 3 rings (SSSR count). The Kier molecular flexibility index (Phi) is 5.33. The molecule has 0 aromatic heterocycles. The number of likely N-dealkylation sites (N-methyl/N-ethyl adjacent to an activating group) is 1. The molecule has 2 N–H and O–H groups in total. The van der Waals surface area contributed by atoms with Crippen molar-refractivity contribution in [1.82, 2.24) is 0 Å². The lowest BCUT2D eigenvalue weighted by atomic mass is 9.67. The molecular weight excluding hydrogens is 296 g/mol. The van der Waals surface area contributed by atoms with Crippen molar-refractivity contribution in [2.45, 2.75) is 51.0 Å². The van der Waals surface area contributed by atoms with Crippen molar-refractivity contribution in [3.63, 3.8) is 0 Å². The summed E-state index contributed by atoms with van der Waals surface area (Å²) in [5, 5.41) is 0. The van der Waals surface area contributed by atoms with Crippen molar-refractivity contribution in [1.29, 1.82) is 0 Å². The van der Waals surface area contributed by atoms with Gasteiger partial charge in [-0.3, -0.25) is 0 Å². The molecule has 0 spiro atoms. The van der Waals surface area contributed by atoms with Crippen molar-refractivity contribution < 1.29 is 14.5 Å². The van der Waals surface area contributed by atoms with Crippen LogP contribution in [0.1, 0.15) is 44.2 Å². The van der Waals surface area contributed by atoms with Crippen molar-refractivity contribution in [3.05, 3.63) is 35.4 Å². The Morgan fingerprint density at radius 1 is 1.04 bits per heavy atom. The highest BCUT2D eigenvalue weighted by Gasteiger charge is 2.42. The van der Waals surface area contributed by atoms with Crippen LogP contribution in [0.25, 0.3) is 0 Å². The molecule has 2 saturated heterocycles. The van der Waals surface area contributed by atoms with E-state index in [4.69, 9.17) is 4.74 Å². The first-order chi connectivity index (χ1) is 11.4. The van der Waals surface area contributed by atoms with Crippen LogP contribution in [-0.2, 0) is 10.2 Å². The molecule has 2 heterocycles. The zero-order chi connectivity index (χ0) is 17.2. The maximum atomic E-state index is 6.06. The normalized spacial score (nSPS) is 33.3. The van der Waals surface area contributed by atoms with Gasteiger partial charge in [0.25, 0.3) is 0 Å². The highest BCUT2D eigenvalue weighted by molar-refractivity contribution is 5.30. The molecule has 0 unspecified atom stereocenters. The Morgan fingerprint density at radius 3 is 2.33 bits per heavy atom. The lowest BCUT2D eigenvalue weighted by Crippen LogP contribution is -3.27. The molecule has 1 aromatic carbocycles. The van der Waals surface area contributed by atoms with Crippen LogP contribution in [0.4, 0.5) is 0 Å². The first kappa shape index (κ1) is 17.9. The summed E-state index contributed by atoms with van der Waals surface area (Å²) in [6.45, 7) is 14.2. The fraction of sp³-hybridized carbons (Fsp3) is 0.714. The summed E-state index contributed by atoms with van der Waals surface area (Å²) in [5.41, 5.74) is 3.17. The van der Waals surface area contributed by atoms with Crippen molar-refractivity contribution in [2.24, 2.45) is 0 Å². The third-order valence-electron chi connectivity index (χ3n) is 6.27. The van der Waals surface area contributed by atoms with Crippen LogP contribution in [-0.4, -0.2) is 52.0 Å². The molecule has 0 saturated carbocycles. The van der Waals surface area contributed by atoms with Gasteiger partial charge in [0.15, 0.2) is 0 Å². The van der Waals surface area contributed by atoms with E-state index in [1.807, 2.05) is 0 Å². The SMILES string of the molecule is Cc1ccc([C@@]2(CC[NH+]3CC[NH+](C)CC3)CCOC(C)(C)C2)cc1. The molecule has 0 amide bonds. The number of ether oxygens (including phenoxy) is 1. The van der Waals surface area contributed by atoms with Gasteiger partial charge in [-0.1, -0.05) is 29.8 Å². The van der Waals surface area contributed by atoms with Gasteiger partial charge in [0.05, 0.1) is 19.2 Å². The summed E-state index contributed by atoms with van der Waals surface area (Å²) in [7, 11) is 2.32. The van der Waals surface area contributed by atoms with Gasteiger partial charge in [-0.2, -0.15) is 0 Å². The average Bonchev–Trinajstić information content (AvgIpc) is 2.54. The monoisotopic (exact) mass is 332 g/mol. The van der Waals surface area contributed by atoms with E-state index in [9.17, 15) is 0 Å². The van der Waals surface area contributed by atoms with Crippen molar-refractivity contribution in [2.75, 3.05) is 46.4 Å². The minimum atomic E-state index is -0.00919. The molecule has 1 aromatic rings. The van der Waals surface area contributed by atoms with Gasteiger partial charge in [0.1, 0.15) is 26.2 Å². The Balaban J connectivity index is 1.76. The van der Waals surface area contributed by atoms with Crippen LogP contribution in [0.3, 0.4) is 0 Å². The summed E-state index contributed by atoms with van der Waals surface area (Å²) in [4.78, 5) is 3.50. The molecule has 1 atom stereocenters. The third-order valence-corrected chi connectivity index (χ3v) is 6.27. The highest BCUT2D eigenvalue weighted by Crippen LogP contribution is 2.43. The molecule has 3 heteroatoms. The Hall–Kier alpha value is -0.900. The molecule has 3 nitrogen and oxygen atoms in total. The first-order valence-electron chi connectivity index (χ1n) is 9.75. The van der Waals surface area contributed by atoms with Crippen LogP contribution in [0.15, 0.2) is 24.3 Å². The number of benzene rings is 1. The van der Waals surface area contributed by atoms with Crippen LogP contribution in [0.5, 0.6) is 0 Å². The van der Waals surface area contributed by atoms with E-state index >= 15 is 0 Å². The lowest BCUT2D eigenvalue weighted by Gasteiger charge is -2.46. The number of hydrogen-bond acceptors (Lipinski definition) is 1. The largest absolute Gasteiger partial charge is 0.376 e. The highest BCUT2D eigenvalue weighted by atomic mass is 16.5. The van der Waals surface area contributed by atoms with E-state index in [1.54, 1.807) is 9.80 Å². The zero-order valence-electron chi connectivity index (χ0n) is 16.1. The maximum Gasteiger partial charge on any atom is 0.127 e. The molecule has 2 aliphatic rings. The quantitative estimate of drug-likeness (QED) is 0.827. The molecule has 0 bridgehead atoms. The predicted octanol–water partition coefficient (Wildman–Crippen LogP) is 0.625. The summed E-state index contributed by atoms with van der Waals surface area (Å²) < 4.78 is 6.06. The van der Waals surface area contributed by atoms with E-state index in [0.717, 1.165) is 19.4 Å². The van der Waals surface area contributed by atoms with Gasteiger partial charge in [0, 0.05) is 18.4 Å². The van der Waals surface area contributed by atoms with Gasteiger partial charge in [0.2, 0.25) is 0 Å². The minimum Gasteiger partial charge on any atom is -0.376 e. The standard InChI is InChI=1S/C21H34N2O/c1-18-5-7-19(8-6-18)21(10-16-24-20(2,3)17-21)9-11-23-14-12-22(4)13-15-23/h5-8H,9-17H2,1-4H3/p+2/t21-/m0/s1. The fourth-order valence-electron chi connectivity index (χ4n) is 4.68. The van der Waals surface area contributed by atoms with Crippen LogP contribution in [0, 0.1) is 6.92 Å². The van der Waals surface area contributed by atoms with Gasteiger partial charge in [-0.15, -0.1) is 0 Å². The van der Waals surface area contributed by atoms with E-state index in [-0.39, 0.29) is 5.60 Å². The number of piperazine rings is 1. The number of quaternary nitrogens is 2. The number of hydrogen-bond donors (Lipinski definition) is 2. The number of nitrogens with one attached hydrogen (secondary N) is 2.